The van der Waals surface area contributed by atoms with Crippen molar-refractivity contribution in [2.75, 3.05) is 70.1 Å². The second-order valence-electron chi connectivity index (χ2n) is 13.5. The maximum Gasteiger partial charge on any atom is 0.318 e. The Balaban J connectivity index is 1.24. The van der Waals surface area contributed by atoms with Crippen molar-refractivity contribution >= 4 is 28.2 Å². The predicted octanol–water partition coefficient (Wildman–Crippen LogP) is 5.22. The van der Waals surface area contributed by atoms with Crippen LogP contribution in [0.2, 0.25) is 0 Å². The minimum absolute atomic E-state index is 0.0988. The Kier molecular flexibility index (Phi) is 9.30. The van der Waals surface area contributed by atoms with Gasteiger partial charge in [0.2, 0.25) is 0 Å². The molecule has 2 atom stereocenters. The lowest BCUT2D eigenvalue weighted by Gasteiger charge is -2.37. The molecule has 0 aliphatic carbocycles. The summed E-state index contributed by atoms with van der Waals surface area (Å²) in [7, 11) is 3.02. The Labute approximate surface area is 280 Å². The van der Waals surface area contributed by atoms with Gasteiger partial charge in [0.25, 0.3) is 0 Å². The molecule has 2 aromatic carbocycles. The molecule has 0 radical (unpaired) electrons. The third kappa shape index (κ3) is 6.13. The van der Waals surface area contributed by atoms with Crippen molar-refractivity contribution in [3.8, 4) is 11.8 Å². The van der Waals surface area contributed by atoms with E-state index in [2.05, 4.69) is 14.7 Å². The number of halogens is 2. The van der Waals surface area contributed by atoms with Crippen molar-refractivity contribution in [1.29, 1.82) is 0 Å². The maximum absolute atomic E-state index is 15.2. The molecule has 10 nitrogen and oxygen atoms in total. The minimum Gasteiger partial charge on any atom is -0.469 e. The molecule has 0 unspecified atom stereocenters. The van der Waals surface area contributed by atoms with Gasteiger partial charge >= 0.3 is 12.0 Å². The van der Waals surface area contributed by atoms with E-state index in [9.17, 15) is 9.18 Å². The number of methoxy groups -OCH3 is 2. The summed E-state index contributed by atoms with van der Waals surface area (Å²) in [5.41, 5.74) is 3.11. The van der Waals surface area contributed by atoms with Gasteiger partial charge in [-0.3, -0.25) is 9.69 Å². The van der Waals surface area contributed by atoms with Crippen molar-refractivity contribution in [3.63, 3.8) is 0 Å². The number of aryl methyl sites for hydroxylation is 1. The fourth-order valence-electron chi connectivity index (χ4n) is 8.33. The number of aromatic nitrogens is 2. The van der Waals surface area contributed by atoms with Crippen LogP contribution in [0.15, 0.2) is 24.3 Å². The van der Waals surface area contributed by atoms with Crippen LogP contribution in [0.5, 0.6) is 11.8 Å². The van der Waals surface area contributed by atoms with Crippen LogP contribution in [0.25, 0.3) is 10.8 Å². The number of esters is 1. The Bertz CT molecular complexity index is 1670. The van der Waals surface area contributed by atoms with E-state index in [4.69, 9.17) is 28.9 Å². The number of carbonyl (C=O) groups is 1. The van der Waals surface area contributed by atoms with Crippen LogP contribution in [0.1, 0.15) is 55.8 Å². The smallest absolute Gasteiger partial charge is 0.318 e. The number of nitrogens with zero attached hydrogens (tertiary/aromatic N) is 5. The molecule has 3 aromatic rings. The highest BCUT2D eigenvalue weighted by molar-refractivity contribution is 5.98. The van der Waals surface area contributed by atoms with Crippen LogP contribution in [0.3, 0.4) is 0 Å². The van der Waals surface area contributed by atoms with Crippen LogP contribution < -0.4 is 19.3 Å². The maximum atomic E-state index is 15.2. The Hall–Kier alpha value is -3.77. The van der Waals surface area contributed by atoms with E-state index in [0.717, 1.165) is 52.9 Å². The lowest BCUT2D eigenvalue weighted by molar-refractivity contribution is -0.146. The van der Waals surface area contributed by atoms with E-state index in [-0.39, 0.29) is 36.0 Å². The number of carbonyl (C=O) groups excluding carboxylic acids is 1. The average molecular weight is 666 g/mol. The number of ether oxygens (including phenoxy) is 4. The number of hydrogen-bond acceptors (Lipinski definition) is 10. The summed E-state index contributed by atoms with van der Waals surface area (Å²) >= 11 is 0. The van der Waals surface area contributed by atoms with Crippen molar-refractivity contribution in [1.82, 2.24) is 14.9 Å². The van der Waals surface area contributed by atoms with Gasteiger partial charge in [-0.2, -0.15) is 9.97 Å². The standard InChI is InChI=1S/C36H45F2N5O5/c1-4-27-29(38)7-6-24-16-26(48-22-45-2)17-31(32(24)27)42-15-10-28-30(20-42)39-35(47-21-36-11-5-12-43(36)19-25(37)18-36)40-33(28)41-13-8-23(9-14-41)34(44)46-3/h6-7,16-17,23,25H,4-5,8-15,18-22H2,1-3H3/t25-,36+/m1/s1. The molecule has 0 amide bonds. The van der Waals surface area contributed by atoms with Crippen LogP contribution >= 0.6 is 0 Å². The summed E-state index contributed by atoms with van der Waals surface area (Å²) in [6.07, 6.45) is 4.10. The number of fused-ring (bicyclic) bond motifs is 3. The molecule has 7 rings (SSSR count). The van der Waals surface area contributed by atoms with Crippen LogP contribution in [0, 0.1) is 11.7 Å². The topological polar surface area (TPSA) is 89.5 Å². The average Bonchev–Trinajstić information content (AvgIpc) is 3.64. The summed E-state index contributed by atoms with van der Waals surface area (Å²) in [6.45, 7) is 6.19. The summed E-state index contributed by atoms with van der Waals surface area (Å²) in [4.78, 5) is 28.9. The van der Waals surface area contributed by atoms with E-state index in [1.165, 1.54) is 13.2 Å². The summed E-state index contributed by atoms with van der Waals surface area (Å²) < 4.78 is 52.2. The highest BCUT2D eigenvalue weighted by atomic mass is 19.1. The predicted molar refractivity (Wildman–Crippen MR) is 178 cm³/mol. The fraction of sp³-hybridized carbons (Fsp3) is 0.583. The van der Waals surface area contributed by atoms with Gasteiger partial charge in [0, 0.05) is 62.4 Å². The largest absolute Gasteiger partial charge is 0.469 e. The first kappa shape index (κ1) is 32.8. The molecule has 0 saturated carbocycles. The highest BCUT2D eigenvalue weighted by Crippen LogP contribution is 2.42. The summed E-state index contributed by atoms with van der Waals surface area (Å²) in [5, 5.41) is 1.76. The minimum atomic E-state index is -0.852. The van der Waals surface area contributed by atoms with Gasteiger partial charge in [0.15, 0.2) is 6.79 Å². The van der Waals surface area contributed by atoms with Gasteiger partial charge in [-0.15, -0.1) is 0 Å². The fourth-order valence-corrected chi connectivity index (χ4v) is 8.33. The van der Waals surface area contributed by atoms with E-state index in [0.29, 0.717) is 82.7 Å². The Morgan fingerprint density at radius 1 is 1.06 bits per heavy atom. The zero-order valence-corrected chi connectivity index (χ0v) is 28.1. The van der Waals surface area contributed by atoms with Crippen molar-refractivity contribution in [2.24, 2.45) is 5.92 Å². The van der Waals surface area contributed by atoms with Gasteiger partial charge in [-0.05, 0) is 68.2 Å². The molecule has 4 aliphatic rings. The third-order valence-corrected chi connectivity index (χ3v) is 10.7. The molecule has 1 aromatic heterocycles. The first-order chi connectivity index (χ1) is 23.3. The van der Waals surface area contributed by atoms with Gasteiger partial charge in [-0.25, -0.2) is 8.78 Å². The number of alkyl halides is 1. The Morgan fingerprint density at radius 2 is 1.90 bits per heavy atom. The van der Waals surface area contributed by atoms with Gasteiger partial charge in [0.05, 0.1) is 30.8 Å². The van der Waals surface area contributed by atoms with Crippen molar-refractivity contribution < 1.29 is 32.5 Å². The Morgan fingerprint density at radius 3 is 2.67 bits per heavy atom. The molecule has 3 fully saturated rings. The lowest BCUT2D eigenvalue weighted by atomic mass is 9.95. The lowest BCUT2D eigenvalue weighted by Crippen LogP contribution is -2.44. The van der Waals surface area contributed by atoms with Gasteiger partial charge in [0.1, 0.15) is 30.2 Å². The first-order valence-corrected chi connectivity index (χ1v) is 17.2. The van der Waals surface area contributed by atoms with Gasteiger partial charge in [-0.1, -0.05) is 13.0 Å². The molecule has 5 heterocycles. The molecule has 0 bridgehead atoms. The SMILES string of the molecule is CCc1c(F)ccc2cc(OCOC)cc(N3CCc4c(nc(OC[C@@]56CCCN5C[C@H](F)C6)nc4N4CCC(C(=O)OC)CC4)C3)c12. The zero-order chi connectivity index (χ0) is 33.4. The summed E-state index contributed by atoms with van der Waals surface area (Å²) in [5.74, 6) is 0.938. The molecule has 0 N–H and O–H groups in total. The van der Waals surface area contributed by atoms with Gasteiger partial charge < -0.3 is 28.7 Å². The van der Waals surface area contributed by atoms with Crippen LogP contribution in [-0.4, -0.2) is 92.9 Å². The monoisotopic (exact) mass is 665 g/mol. The van der Waals surface area contributed by atoms with E-state index in [1.807, 2.05) is 19.1 Å². The number of piperidine rings is 1. The summed E-state index contributed by atoms with van der Waals surface area (Å²) in [6, 6.07) is 7.49. The number of benzene rings is 2. The van der Waals surface area contributed by atoms with Crippen LogP contribution in [0.4, 0.5) is 20.3 Å². The third-order valence-electron chi connectivity index (χ3n) is 10.7. The zero-order valence-electron chi connectivity index (χ0n) is 28.1. The normalized spacial score (nSPS) is 23.0. The highest BCUT2D eigenvalue weighted by Gasteiger charge is 2.49. The quantitative estimate of drug-likeness (QED) is 0.212. The second-order valence-corrected chi connectivity index (χ2v) is 13.5. The second kappa shape index (κ2) is 13.6. The molecular weight excluding hydrogens is 620 g/mol. The molecule has 258 valence electrons. The number of hydrogen-bond donors (Lipinski definition) is 0. The molecule has 12 heteroatoms. The van der Waals surface area contributed by atoms with Crippen molar-refractivity contribution in [2.45, 2.75) is 70.1 Å². The molecule has 48 heavy (non-hydrogen) atoms. The molecular formula is C36H45F2N5O5. The van der Waals surface area contributed by atoms with E-state index >= 15 is 4.39 Å². The molecule has 3 saturated heterocycles. The number of rotatable bonds is 10. The van der Waals surface area contributed by atoms with E-state index in [1.54, 1.807) is 13.2 Å². The van der Waals surface area contributed by atoms with Crippen LogP contribution in [-0.2, 0) is 33.7 Å². The molecule has 0 spiro atoms. The first-order valence-electron chi connectivity index (χ1n) is 17.2. The molecule has 4 aliphatic heterocycles. The number of anilines is 2. The van der Waals surface area contributed by atoms with E-state index < -0.39 is 6.17 Å². The van der Waals surface area contributed by atoms with Crippen molar-refractivity contribution in [3.05, 3.63) is 46.9 Å².